The molecule has 1 aromatic carbocycles. The lowest BCUT2D eigenvalue weighted by atomic mass is 10.2. The van der Waals surface area contributed by atoms with Crippen LogP contribution >= 0.6 is 28.1 Å². The fourth-order valence-electron chi connectivity index (χ4n) is 1.59. The van der Waals surface area contributed by atoms with Crippen molar-refractivity contribution in [3.05, 3.63) is 28.2 Å². The summed E-state index contributed by atoms with van der Waals surface area (Å²) in [6, 6.07) is 6.23. The quantitative estimate of drug-likeness (QED) is 0.735. The number of nitrogens with one attached hydrogen (secondary N) is 3. The van der Waals surface area contributed by atoms with Gasteiger partial charge >= 0.3 is 0 Å². The van der Waals surface area contributed by atoms with E-state index in [9.17, 15) is 4.79 Å². The molecule has 0 aliphatic heterocycles. The average molecular weight is 342 g/mol. The van der Waals surface area contributed by atoms with Gasteiger partial charge < -0.3 is 16.0 Å². The number of halogens is 1. The van der Waals surface area contributed by atoms with Gasteiger partial charge in [-0.25, -0.2) is 0 Å². The Balaban J connectivity index is 1.78. The molecule has 0 spiro atoms. The lowest BCUT2D eigenvalue weighted by molar-refractivity contribution is -0.115. The molecule has 1 fully saturated rings. The van der Waals surface area contributed by atoms with Crippen LogP contribution in [0.1, 0.15) is 18.4 Å². The Morgan fingerprint density at radius 1 is 1.47 bits per heavy atom. The van der Waals surface area contributed by atoms with Gasteiger partial charge in [-0.05, 0) is 55.7 Å². The van der Waals surface area contributed by atoms with E-state index in [1.807, 2.05) is 25.1 Å². The topological polar surface area (TPSA) is 53.2 Å². The second-order valence-electron chi connectivity index (χ2n) is 4.61. The maximum absolute atomic E-state index is 11.8. The van der Waals surface area contributed by atoms with Crippen LogP contribution < -0.4 is 16.0 Å². The summed E-state index contributed by atoms with van der Waals surface area (Å²) < 4.78 is 0.996. The summed E-state index contributed by atoms with van der Waals surface area (Å²) in [4.78, 5) is 11.8. The Kier molecular flexibility index (Phi) is 4.76. The molecular formula is C13H16BrN3OS. The molecule has 1 aliphatic carbocycles. The summed E-state index contributed by atoms with van der Waals surface area (Å²) in [5.74, 6) is -0.106. The Morgan fingerprint density at radius 2 is 2.21 bits per heavy atom. The summed E-state index contributed by atoms with van der Waals surface area (Å²) in [6.45, 7) is 2.13. The van der Waals surface area contributed by atoms with Crippen LogP contribution in [0.4, 0.5) is 5.69 Å². The number of thiocarbonyl (C=S) groups is 1. The van der Waals surface area contributed by atoms with Crippen molar-refractivity contribution < 1.29 is 4.79 Å². The molecule has 4 nitrogen and oxygen atoms in total. The second-order valence-corrected chi connectivity index (χ2v) is 5.93. The molecule has 2 rings (SSSR count). The number of rotatable bonds is 4. The van der Waals surface area contributed by atoms with Gasteiger partial charge in [0.15, 0.2) is 5.11 Å². The zero-order valence-corrected chi connectivity index (χ0v) is 13.0. The predicted octanol–water partition coefficient (Wildman–Crippen LogP) is 2.32. The largest absolute Gasteiger partial charge is 0.360 e. The third-order valence-electron chi connectivity index (χ3n) is 2.78. The summed E-state index contributed by atoms with van der Waals surface area (Å²) in [5.41, 5.74) is 1.83. The molecule has 1 aliphatic rings. The van der Waals surface area contributed by atoms with Gasteiger partial charge in [-0.1, -0.05) is 15.9 Å². The monoisotopic (exact) mass is 341 g/mol. The van der Waals surface area contributed by atoms with E-state index >= 15 is 0 Å². The molecule has 0 aromatic heterocycles. The number of benzene rings is 1. The van der Waals surface area contributed by atoms with E-state index in [1.54, 1.807) is 0 Å². The third-order valence-corrected chi connectivity index (χ3v) is 3.54. The molecule has 0 unspecified atom stereocenters. The van der Waals surface area contributed by atoms with E-state index in [1.165, 1.54) is 0 Å². The van der Waals surface area contributed by atoms with Crippen LogP contribution in [0, 0.1) is 6.92 Å². The minimum absolute atomic E-state index is 0.106. The molecule has 0 atom stereocenters. The molecule has 0 heterocycles. The normalized spacial score (nSPS) is 13.8. The molecule has 0 bridgehead atoms. The average Bonchev–Trinajstić information content (AvgIpc) is 3.14. The zero-order valence-electron chi connectivity index (χ0n) is 10.6. The van der Waals surface area contributed by atoms with Gasteiger partial charge in [0.1, 0.15) is 0 Å². The third kappa shape index (κ3) is 4.80. The highest BCUT2D eigenvalue weighted by atomic mass is 79.9. The number of hydrogen-bond acceptors (Lipinski definition) is 2. The molecule has 0 saturated heterocycles. The van der Waals surface area contributed by atoms with Crippen LogP contribution in [-0.2, 0) is 4.79 Å². The van der Waals surface area contributed by atoms with Crippen molar-refractivity contribution in [1.29, 1.82) is 0 Å². The molecule has 102 valence electrons. The van der Waals surface area contributed by atoms with Crippen LogP contribution in [0.2, 0.25) is 0 Å². The first kappa shape index (κ1) is 14.3. The number of amides is 1. The zero-order chi connectivity index (χ0) is 13.8. The van der Waals surface area contributed by atoms with Crippen molar-refractivity contribution in [2.75, 3.05) is 11.9 Å². The van der Waals surface area contributed by atoms with Gasteiger partial charge in [0, 0.05) is 16.2 Å². The minimum Gasteiger partial charge on any atom is -0.360 e. The van der Waals surface area contributed by atoms with E-state index in [-0.39, 0.29) is 12.5 Å². The predicted molar refractivity (Wildman–Crippen MR) is 84.3 cm³/mol. The summed E-state index contributed by atoms with van der Waals surface area (Å²) in [7, 11) is 0. The van der Waals surface area contributed by atoms with E-state index in [0.29, 0.717) is 11.2 Å². The van der Waals surface area contributed by atoms with Crippen molar-refractivity contribution in [3.8, 4) is 0 Å². The number of anilines is 1. The summed E-state index contributed by atoms with van der Waals surface area (Å²) in [5, 5.41) is 9.43. The van der Waals surface area contributed by atoms with Gasteiger partial charge in [-0.2, -0.15) is 0 Å². The van der Waals surface area contributed by atoms with Gasteiger partial charge in [0.05, 0.1) is 6.54 Å². The van der Waals surface area contributed by atoms with Crippen molar-refractivity contribution in [3.63, 3.8) is 0 Å². The van der Waals surface area contributed by atoms with Crippen LogP contribution in [0.3, 0.4) is 0 Å². The molecule has 1 aromatic rings. The van der Waals surface area contributed by atoms with Gasteiger partial charge in [-0.3, -0.25) is 4.79 Å². The van der Waals surface area contributed by atoms with Crippen molar-refractivity contribution in [2.24, 2.45) is 0 Å². The summed E-state index contributed by atoms with van der Waals surface area (Å²) in [6.07, 6.45) is 2.32. The molecular weight excluding hydrogens is 326 g/mol. The molecule has 1 saturated carbocycles. The minimum atomic E-state index is -0.106. The van der Waals surface area contributed by atoms with Crippen LogP contribution in [0.15, 0.2) is 22.7 Å². The SMILES string of the molecule is Cc1cc(Br)ccc1NC(=O)CNC(=S)NC1CC1. The van der Waals surface area contributed by atoms with E-state index in [2.05, 4.69) is 31.9 Å². The van der Waals surface area contributed by atoms with Gasteiger partial charge in [-0.15, -0.1) is 0 Å². The van der Waals surface area contributed by atoms with Crippen molar-refractivity contribution in [2.45, 2.75) is 25.8 Å². The molecule has 3 N–H and O–H groups in total. The van der Waals surface area contributed by atoms with E-state index < -0.39 is 0 Å². The van der Waals surface area contributed by atoms with E-state index in [4.69, 9.17) is 12.2 Å². The van der Waals surface area contributed by atoms with Crippen LogP contribution in [0.25, 0.3) is 0 Å². The maximum Gasteiger partial charge on any atom is 0.243 e. The number of hydrogen-bond donors (Lipinski definition) is 3. The van der Waals surface area contributed by atoms with Crippen LogP contribution in [0.5, 0.6) is 0 Å². The first-order valence-corrected chi connectivity index (χ1v) is 7.35. The molecule has 1 amide bonds. The fraction of sp³-hybridized carbons (Fsp3) is 0.385. The lowest BCUT2D eigenvalue weighted by Gasteiger charge is -2.11. The lowest BCUT2D eigenvalue weighted by Crippen LogP contribution is -2.40. The fourth-order valence-corrected chi connectivity index (χ4v) is 2.30. The van der Waals surface area contributed by atoms with Gasteiger partial charge in [0.2, 0.25) is 5.91 Å². The standard InChI is InChI=1S/C13H16BrN3OS/c1-8-6-9(14)2-5-11(8)17-12(18)7-15-13(19)16-10-3-4-10/h2,5-6,10H,3-4,7H2,1H3,(H,17,18)(H2,15,16,19). The van der Waals surface area contributed by atoms with Gasteiger partial charge in [0.25, 0.3) is 0 Å². The highest BCUT2D eigenvalue weighted by molar-refractivity contribution is 9.10. The first-order chi connectivity index (χ1) is 9.04. The van der Waals surface area contributed by atoms with Crippen molar-refractivity contribution >= 4 is 44.9 Å². The number of carbonyl (C=O) groups excluding carboxylic acids is 1. The molecule has 6 heteroatoms. The highest BCUT2D eigenvalue weighted by Crippen LogP contribution is 2.20. The number of aryl methyl sites for hydroxylation is 1. The van der Waals surface area contributed by atoms with Crippen LogP contribution in [-0.4, -0.2) is 23.6 Å². The second kappa shape index (κ2) is 6.34. The maximum atomic E-state index is 11.8. The Labute approximate surface area is 126 Å². The van der Waals surface area contributed by atoms with Crippen molar-refractivity contribution in [1.82, 2.24) is 10.6 Å². The smallest absolute Gasteiger partial charge is 0.243 e. The Morgan fingerprint density at radius 3 is 2.84 bits per heavy atom. The first-order valence-electron chi connectivity index (χ1n) is 6.15. The Bertz CT molecular complexity index is 503. The highest BCUT2D eigenvalue weighted by Gasteiger charge is 2.21. The number of carbonyl (C=O) groups is 1. The summed E-state index contributed by atoms with van der Waals surface area (Å²) >= 11 is 8.48. The Hall–Kier alpha value is -1.14. The molecule has 0 radical (unpaired) electrons. The van der Waals surface area contributed by atoms with E-state index in [0.717, 1.165) is 28.6 Å². The molecule has 19 heavy (non-hydrogen) atoms.